The Labute approximate surface area is 101 Å². The van der Waals surface area contributed by atoms with E-state index in [0.717, 1.165) is 0 Å². The maximum absolute atomic E-state index is 10.3. The van der Waals surface area contributed by atoms with Gasteiger partial charge in [0.1, 0.15) is 24.4 Å². The predicted octanol–water partition coefficient (Wildman–Crippen LogP) is -7.46. The maximum atomic E-state index is 10.3. The van der Waals surface area contributed by atoms with E-state index < -0.39 is 36.7 Å². The molecule has 0 spiro atoms. The Kier molecular flexibility index (Phi) is 5.48. The molecule has 5 atom stereocenters. The van der Waals surface area contributed by atoms with Crippen LogP contribution in [-0.4, -0.2) is 57.1 Å². The molecule has 76 valence electrons. The quantitative estimate of drug-likeness (QED) is 0.320. The summed E-state index contributed by atoms with van der Waals surface area (Å²) in [6.07, 6.45) is -9.00. The molecule has 7 nitrogen and oxygen atoms in total. The molecule has 0 radical (unpaired) electrons. The first-order valence-corrected chi connectivity index (χ1v) is 3.53. The second-order valence-corrected chi connectivity index (χ2v) is 2.74. The molecule has 4 N–H and O–H groups in total. The van der Waals surface area contributed by atoms with Crippen LogP contribution in [0.3, 0.4) is 0 Å². The van der Waals surface area contributed by atoms with Crippen LogP contribution in [0.25, 0.3) is 0 Å². The molecule has 0 saturated carbocycles. The molecule has 0 aromatic heterocycles. The van der Waals surface area contributed by atoms with Crippen molar-refractivity contribution in [2.24, 2.45) is 0 Å². The van der Waals surface area contributed by atoms with Gasteiger partial charge in [-0.15, -0.1) is 0 Å². The van der Waals surface area contributed by atoms with E-state index >= 15 is 0 Å². The van der Waals surface area contributed by atoms with Crippen LogP contribution in [0, 0.1) is 0 Å². The van der Waals surface area contributed by atoms with Gasteiger partial charge in [0, 0.05) is 0 Å². The van der Waals surface area contributed by atoms with Crippen molar-refractivity contribution < 1.29 is 64.6 Å². The zero-order valence-corrected chi connectivity index (χ0v) is 9.40. The molecule has 1 aliphatic heterocycles. The number of carboxylic acids is 1. The fourth-order valence-corrected chi connectivity index (χ4v) is 1.06. The minimum absolute atomic E-state index is 0. The van der Waals surface area contributed by atoms with Crippen LogP contribution < -0.4 is 34.7 Å². The summed E-state index contributed by atoms with van der Waals surface area (Å²) >= 11 is 0. The summed E-state index contributed by atoms with van der Waals surface area (Å²) in [7, 11) is 0. The van der Waals surface area contributed by atoms with Gasteiger partial charge in [-0.05, 0) is 0 Å². The SMILES string of the molecule is O=C([O-])[C@H]1OC(O)[C@H](O)[C@@H](O)[C@H]1O.[Na+]. The molecule has 14 heavy (non-hydrogen) atoms. The van der Waals surface area contributed by atoms with E-state index in [9.17, 15) is 9.90 Å². The van der Waals surface area contributed by atoms with Gasteiger partial charge in [0.25, 0.3) is 0 Å². The number of carboxylic acid groups (broad SMARTS) is 1. The molecule has 0 amide bonds. The monoisotopic (exact) mass is 216 g/mol. The van der Waals surface area contributed by atoms with E-state index in [2.05, 4.69) is 4.74 Å². The number of hydrogen-bond acceptors (Lipinski definition) is 7. The molecule has 1 fully saturated rings. The van der Waals surface area contributed by atoms with Crippen LogP contribution in [0.2, 0.25) is 0 Å². The number of ether oxygens (including phenoxy) is 1. The molecule has 1 saturated heterocycles. The van der Waals surface area contributed by atoms with Crippen LogP contribution in [0.4, 0.5) is 0 Å². The third-order valence-electron chi connectivity index (χ3n) is 1.82. The summed E-state index contributed by atoms with van der Waals surface area (Å²) in [6.45, 7) is 0. The molecule has 0 aliphatic carbocycles. The third-order valence-corrected chi connectivity index (χ3v) is 1.82. The van der Waals surface area contributed by atoms with E-state index in [1.807, 2.05) is 0 Å². The van der Waals surface area contributed by atoms with Crippen molar-refractivity contribution in [1.29, 1.82) is 0 Å². The first-order valence-electron chi connectivity index (χ1n) is 3.53. The first-order chi connectivity index (χ1) is 5.95. The Bertz CT molecular complexity index is 210. The fourth-order valence-electron chi connectivity index (χ4n) is 1.06. The molecular formula is C6H9NaO7. The van der Waals surface area contributed by atoms with Crippen LogP contribution in [0.1, 0.15) is 0 Å². The molecular weight excluding hydrogens is 207 g/mol. The smallest absolute Gasteiger partial charge is 0.547 e. The van der Waals surface area contributed by atoms with Gasteiger partial charge in [-0.3, -0.25) is 0 Å². The van der Waals surface area contributed by atoms with Crippen molar-refractivity contribution in [3.8, 4) is 0 Å². The zero-order valence-electron chi connectivity index (χ0n) is 7.40. The topological polar surface area (TPSA) is 130 Å². The second kappa shape index (κ2) is 5.38. The Morgan fingerprint density at radius 2 is 1.57 bits per heavy atom. The van der Waals surface area contributed by atoms with Crippen molar-refractivity contribution in [2.45, 2.75) is 30.7 Å². The Balaban J connectivity index is 0.00000169. The molecule has 1 rings (SSSR count). The van der Waals surface area contributed by atoms with Gasteiger partial charge in [0.15, 0.2) is 6.29 Å². The number of hydrogen-bond donors (Lipinski definition) is 4. The molecule has 0 bridgehead atoms. The van der Waals surface area contributed by atoms with Gasteiger partial charge in [0.05, 0.1) is 5.97 Å². The van der Waals surface area contributed by atoms with E-state index in [4.69, 9.17) is 20.4 Å². The van der Waals surface area contributed by atoms with E-state index in [-0.39, 0.29) is 29.6 Å². The third kappa shape index (κ3) is 2.65. The standard InChI is InChI=1S/C6H10O7.Na/c7-1-2(8)4(5(10)11)13-6(12)3(1)9;/h1-4,6-9,12H,(H,10,11);/q;+1/p-1/t1-,2+,3+,4-,6?;/m0./s1. The Morgan fingerprint density at radius 3 is 2.00 bits per heavy atom. The number of carbonyl (C=O) groups excluding carboxylic acids is 1. The van der Waals surface area contributed by atoms with Gasteiger partial charge < -0.3 is 35.1 Å². The maximum Gasteiger partial charge on any atom is 1.00 e. The first kappa shape index (κ1) is 14.3. The van der Waals surface area contributed by atoms with Crippen molar-refractivity contribution in [3.05, 3.63) is 0 Å². The van der Waals surface area contributed by atoms with Gasteiger partial charge in [0.2, 0.25) is 0 Å². The average Bonchev–Trinajstić information content (AvgIpc) is 2.07. The van der Waals surface area contributed by atoms with Crippen LogP contribution in [0.15, 0.2) is 0 Å². The Hall–Kier alpha value is 0.270. The number of rotatable bonds is 1. The van der Waals surface area contributed by atoms with E-state index in [1.54, 1.807) is 0 Å². The molecule has 0 aromatic carbocycles. The summed E-state index contributed by atoms with van der Waals surface area (Å²) < 4.78 is 4.28. The summed E-state index contributed by atoms with van der Waals surface area (Å²) in [5, 5.41) is 46.1. The molecule has 1 heterocycles. The average molecular weight is 216 g/mol. The predicted molar refractivity (Wildman–Crippen MR) is 33.9 cm³/mol. The number of aliphatic hydroxyl groups is 4. The van der Waals surface area contributed by atoms with Gasteiger partial charge in [-0.2, -0.15) is 0 Å². The van der Waals surface area contributed by atoms with Crippen molar-refractivity contribution in [3.63, 3.8) is 0 Å². The van der Waals surface area contributed by atoms with Crippen LogP contribution >= 0.6 is 0 Å². The zero-order chi connectivity index (χ0) is 10.2. The summed E-state index contributed by atoms with van der Waals surface area (Å²) in [5.74, 6) is -1.77. The van der Waals surface area contributed by atoms with E-state index in [1.165, 1.54) is 0 Å². The van der Waals surface area contributed by atoms with Gasteiger partial charge in [-0.1, -0.05) is 0 Å². The molecule has 0 aromatic rings. The molecule has 1 aliphatic rings. The number of aliphatic carboxylic acids is 1. The number of aliphatic hydroxyl groups excluding tert-OH is 4. The van der Waals surface area contributed by atoms with Crippen LogP contribution in [-0.2, 0) is 9.53 Å². The minimum atomic E-state index is -1.85. The largest absolute Gasteiger partial charge is 1.00 e. The van der Waals surface area contributed by atoms with Gasteiger partial charge >= 0.3 is 29.6 Å². The van der Waals surface area contributed by atoms with Crippen molar-refractivity contribution in [2.75, 3.05) is 0 Å². The van der Waals surface area contributed by atoms with Crippen LogP contribution in [0.5, 0.6) is 0 Å². The van der Waals surface area contributed by atoms with Gasteiger partial charge in [-0.25, -0.2) is 0 Å². The minimum Gasteiger partial charge on any atom is -0.547 e. The fraction of sp³-hybridized carbons (Fsp3) is 0.833. The molecule has 8 heteroatoms. The summed E-state index contributed by atoms with van der Waals surface area (Å²) in [6, 6.07) is 0. The van der Waals surface area contributed by atoms with Crippen molar-refractivity contribution >= 4 is 5.97 Å². The number of carbonyl (C=O) groups is 1. The summed E-state index contributed by atoms with van der Waals surface area (Å²) in [5.41, 5.74) is 0. The Morgan fingerprint density at radius 1 is 1.07 bits per heavy atom. The second-order valence-electron chi connectivity index (χ2n) is 2.74. The molecule has 1 unspecified atom stereocenters. The normalized spacial score (nSPS) is 42.7. The summed E-state index contributed by atoms with van der Waals surface area (Å²) in [4.78, 5) is 10.3. The van der Waals surface area contributed by atoms with Crippen molar-refractivity contribution in [1.82, 2.24) is 0 Å². The van der Waals surface area contributed by atoms with E-state index in [0.29, 0.717) is 0 Å².